The minimum atomic E-state index is 0.338. The van der Waals surface area contributed by atoms with Gasteiger partial charge in [-0.2, -0.15) is 0 Å². The van der Waals surface area contributed by atoms with Crippen LogP contribution in [-0.4, -0.2) is 15.6 Å². The van der Waals surface area contributed by atoms with Gasteiger partial charge in [-0.25, -0.2) is 4.98 Å². The van der Waals surface area contributed by atoms with Crippen LogP contribution in [0.5, 0.6) is 0 Å². The zero-order valence-corrected chi connectivity index (χ0v) is 12.3. The van der Waals surface area contributed by atoms with E-state index >= 15 is 0 Å². The molecule has 2 atom stereocenters. The van der Waals surface area contributed by atoms with Crippen molar-refractivity contribution in [3.05, 3.63) is 29.0 Å². The minimum absolute atomic E-state index is 0.338. The third kappa shape index (κ3) is 2.13. The van der Waals surface area contributed by atoms with E-state index in [1.165, 1.54) is 37.0 Å². The second kappa shape index (κ2) is 4.74. The molecular weight excluding hydrogens is 270 g/mol. The molecule has 2 aromatic rings. The van der Waals surface area contributed by atoms with Gasteiger partial charge in [-0.15, -0.1) is 0 Å². The maximum Gasteiger partial charge on any atom is 0.113 e. The molecule has 20 heavy (non-hydrogen) atoms. The van der Waals surface area contributed by atoms with Gasteiger partial charge in [0.1, 0.15) is 5.82 Å². The molecule has 0 bridgehead atoms. The van der Waals surface area contributed by atoms with Gasteiger partial charge in [-0.05, 0) is 50.3 Å². The molecular formula is C16H20ClN3. The van der Waals surface area contributed by atoms with Crippen LogP contribution in [0.3, 0.4) is 0 Å². The van der Waals surface area contributed by atoms with E-state index in [9.17, 15) is 0 Å². The summed E-state index contributed by atoms with van der Waals surface area (Å²) in [7, 11) is 0. The van der Waals surface area contributed by atoms with Gasteiger partial charge in [0.15, 0.2) is 0 Å². The Morgan fingerprint density at radius 3 is 2.80 bits per heavy atom. The van der Waals surface area contributed by atoms with Crippen molar-refractivity contribution >= 4 is 22.6 Å². The fraction of sp³-hybridized carbons (Fsp3) is 0.562. The summed E-state index contributed by atoms with van der Waals surface area (Å²) in [5, 5.41) is 0.768. The summed E-state index contributed by atoms with van der Waals surface area (Å²) in [5.74, 6) is 1.77. The van der Waals surface area contributed by atoms with Gasteiger partial charge < -0.3 is 10.3 Å². The Morgan fingerprint density at radius 2 is 2.05 bits per heavy atom. The Kier molecular flexibility index (Phi) is 3.00. The first-order valence-electron chi connectivity index (χ1n) is 7.65. The molecule has 0 aliphatic heterocycles. The first-order chi connectivity index (χ1) is 9.72. The van der Waals surface area contributed by atoms with Gasteiger partial charge in [0.05, 0.1) is 11.0 Å². The number of rotatable bonds is 2. The lowest BCUT2D eigenvalue weighted by atomic mass is 9.85. The van der Waals surface area contributed by atoms with Crippen LogP contribution in [0.2, 0.25) is 5.02 Å². The molecule has 0 radical (unpaired) electrons. The number of nitrogens with zero attached hydrogens (tertiary/aromatic N) is 2. The number of nitrogens with two attached hydrogens (primary N) is 1. The van der Waals surface area contributed by atoms with E-state index in [1.807, 2.05) is 12.1 Å². The summed E-state index contributed by atoms with van der Waals surface area (Å²) in [6.45, 7) is 0. The molecule has 2 saturated carbocycles. The predicted molar refractivity (Wildman–Crippen MR) is 82.2 cm³/mol. The monoisotopic (exact) mass is 289 g/mol. The van der Waals surface area contributed by atoms with Gasteiger partial charge in [-0.1, -0.05) is 18.0 Å². The lowest BCUT2D eigenvalue weighted by molar-refractivity contribution is 0.374. The zero-order valence-electron chi connectivity index (χ0n) is 11.6. The molecule has 2 N–H and O–H groups in total. The molecule has 4 heteroatoms. The summed E-state index contributed by atoms with van der Waals surface area (Å²) in [6, 6.07) is 7.07. The second-order valence-corrected chi connectivity index (χ2v) is 6.76. The summed E-state index contributed by atoms with van der Waals surface area (Å²) in [6.07, 6.45) is 7.23. The fourth-order valence-corrected chi connectivity index (χ4v) is 3.72. The Morgan fingerprint density at radius 1 is 1.20 bits per heavy atom. The molecule has 2 aliphatic carbocycles. The Hall–Kier alpha value is -1.06. The zero-order chi connectivity index (χ0) is 13.7. The molecule has 0 spiro atoms. The quantitative estimate of drug-likeness (QED) is 0.908. The molecule has 1 aromatic carbocycles. The van der Waals surface area contributed by atoms with Gasteiger partial charge in [-0.3, -0.25) is 0 Å². The Balaban J connectivity index is 1.83. The van der Waals surface area contributed by atoms with Crippen molar-refractivity contribution in [1.82, 2.24) is 9.55 Å². The highest BCUT2D eigenvalue weighted by molar-refractivity contribution is 6.31. The summed E-state index contributed by atoms with van der Waals surface area (Å²) in [5.41, 5.74) is 8.45. The largest absolute Gasteiger partial charge is 0.328 e. The standard InChI is InChI=1S/C16H20ClN3/c17-11-4-7-15-14(9-11)19-16(20(15)13-5-6-13)10-2-1-3-12(18)8-10/h4,7,9-10,12-13H,1-3,5-6,8,18H2. The van der Waals surface area contributed by atoms with Crippen LogP contribution in [-0.2, 0) is 0 Å². The predicted octanol–water partition coefficient (Wildman–Crippen LogP) is 4.01. The lowest BCUT2D eigenvalue weighted by Gasteiger charge is -2.26. The summed E-state index contributed by atoms with van der Waals surface area (Å²) >= 11 is 6.12. The Bertz CT molecular complexity index is 644. The van der Waals surface area contributed by atoms with Crippen molar-refractivity contribution in [1.29, 1.82) is 0 Å². The SMILES string of the molecule is NC1CCCC(c2nc3cc(Cl)ccc3n2C2CC2)C1. The molecule has 1 heterocycles. The van der Waals surface area contributed by atoms with Crippen LogP contribution >= 0.6 is 11.6 Å². The first kappa shape index (κ1) is 12.7. The summed E-state index contributed by atoms with van der Waals surface area (Å²) < 4.78 is 2.47. The number of halogens is 1. The number of hydrogen-bond acceptors (Lipinski definition) is 2. The average Bonchev–Trinajstić information content (AvgIpc) is 3.19. The van der Waals surface area contributed by atoms with E-state index in [0.717, 1.165) is 23.4 Å². The normalized spacial score (nSPS) is 27.1. The lowest BCUT2D eigenvalue weighted by Crippen LogP contribution is -2.28. The van der Waals surface area contributed by atoms with Crippen molar-refractivity contribution in [3.63, 3.8) is 0 Å². The third-order valence-electron chi connectivity index (χ3n) is 4.67. The highest BCUT2D eigenvalue weighted by atomic mass is 35.5. The fourth-order valence-electron chi connectivity index (χ4n) is 3.56. The number of imidazole rings is 1. The first-order valence-corrected chi connectivity index (χ1v) is 8.03. The van der Waals surface area contributed by atoms with Crippen molar-refractivity contribution in [3.8, 4) is 0 Å². The molecule has 0 saturated heterocycles. The smallest absolute Gasteiger partial charge is 0.113 e. The molecule has 2 fully saturated rings. The van der Waals surface area contributed by atoms with E-state index in [-0.39, 0.29) is 0 Å². The van der Waals surface area contributed by atoms with Crippen LogP contribution in [0.4, 0.5) is 0 Å². The highest BCUT2D eigenvalue weighted by Crippen LogP contribution is 2.43. The van der Waals surface area contributed by atoms with Crippen LogP contribution in [0.25, 0.3) is 11.0 Å². The third-order valence-corrected chi connectivity index (χ3v) is 4.91. The van der Waals surface area contributed by atoms with Crippen LogP contribution in [0.15, 0.2) is 18.2 Å². The number of aromatic nitrogens is 2. The van der Waals surface area contributed by atoms with Crippen molar-refractivity contribution in [2.75, 3.05) is 0 Å². The van der Waals surface area contributed by atoms with Crippen molar-refractivity contribution in [2.45, 2.75) is 56.5 Å². The highest BCUT2D eigenvalue weighted by Gasteiger charge is 2.32. The summed E-state index contributed by atoms with van der Waals surface area (Å²) in [4.78, 5) is 4.92. The van der Waals surface area contributed by atoms with Crippen molar-refractivity contribution in [2.24, 2.45) is 5.73 Å². The molecule has 3 nitrogen and oxygen atoms in total. The van der Waals surface area contributed by atoms with Gasteiger partial charge >= 0.3 is 0 Å². The number of fused-ring (bicyclic) bond motifs is 1. The van der Waals surface area contributed by atoms with Gasteiger partial charge in [0.2, 0.25) is 0 Å². The minimum Gasteiger partial charge on any atom is -0.328 e. The molecule has 2 aliphatic rings. The van der Waals surface area contributed by atoms with Crippen LogP contribution in [0.1, 0.15) is 56.3 Å². The molecule has 4 rings (SSSR count). The van der Waals surface area contributed by atoms with E-state index in [1.54, 1.807) is 0 Å². The van der Waals surface area contributed by atoms with Crippen LogP contribution in [0, 0.1) is 0 Å². The molecule has 106 valence electrons. The average molecular weight is 290 g/mol. The molecule has 1 aromatic heterocycles. The maximum absolute atomic E-state index is 6.16. The number of hydrogen-bond donors (Lipinski definition) is 1. The van der Waals surface area contributed by atoms with E-state index in [2.05, 4.69) is 10.6 Å². The van der Waals surface area contributed by atoms with E-state index in [4.69, 9.17) is 22.3 Å². The van der Waals surface area contributed by atoms with E-state index < -0.39 is 0 Å². The Labute approximate surface area is 124 Å². The van der Waals surface area contributed by atoms with Crippen molar-refractivity contribution < 1.29 is 0 Å². The van der Waals surface area contributed by atoms with Gasteiger partial charge in [0.25, 0.3) is 0 Å². The number of benzene rings is 1. The molecule has 2 unspecified atom stereocenters. The molecule has 0 amide bonds. The second-order valence-electron chi connectivity index (χ2n) is 6.33. The van der Waals surface area contributed by atoms with E-state index in [0.29, 0.717) is 18.0 Å². The topological polar surface area (TPSA) is 43.8 Å². The maximum atomic E-state index is 6.16. The van der Waals surface area contributed by atoms with Gasteiger partial charge in [0, 0.05) is 23.0 Å². The van der Waals surface area contributed by atoms with Crippen LogP contribution < -0.4 is 5.73 Å².